The minimum absolute atomic E-state index is 0.00633. The number of benzene rings is 2. The SMILES string of the molecule is CC(C)N1CCOc2c(F)cc(-c3nc(Nc4ccc(N5CCC(N(C)C)CC5)c(F)c4)ccc3F)cc21. The highest BCUT2D eigenvalue weighted by Gasteiger charge is 2.26. The van der Waals surface area contributed by atoms with Crippen LogP contribution in [0.15, 0.2) is 42.5 Å². The molecule has 9 heteroatoms. The van der Waals surface area contributed by atoms with E-state index in [1.165, 1.54) is 24.3 Å². The number of anilines is 4. The number of aromatic nitrogens is 1. The number of fused-ring (bicyclic) bond motifs is 1. The summed E-state index contributed by atoms with van der Waals surface area (Å²) in [6.07, 6.45) is 1.97. The molecule has 0 bridgehead atoms. The fourth-order valence-electron chi connectivity index (χ4n) is 5.30. The largest absolute Gasteiger partial charge is 0.486 e. The fourth-order valence-corrected chi connectivity index (χ4v) is 5.30. The van der Waals surface area contributed by atoms with Gasteiger partial charge in [-0.25, -0.2) is 18.2 Å². The van der Waals surface area contributed by atoms with E-state index in [4.69, 9.17) is 4.74 Å². The van der Waals surface area contributed by atoms with E-state index < -0.39 is 11.6 Å². The first-order valence-electron chi connectivity index (χ1n) is 13.1. The quantitative estimate of drug-likeness (QED) is 0.423. The first kappa shape index (κ1) is 26.2. The first-order valence-corrected chi connectivity index (χ1v) is 13.1. The average molecular weight is 526 g/mol. The van der Waals surface area contributed by atoms with Gasteiger partial charge in [0.2, 0.25) is 0 Å². The number of rotatable bonds is 6. The Morgan fingerprint density at radius 3 is 2.37 bits per heavy atom. The molecule has 2 aliphatic rings. The fraction of sp³-hybridized carbons (Fsp3) is 0.414. The molecule has 2 aromatic carbocycles. The van der Waals surface area contributed by atoms with E-state index >= 15 is 4.39 Å². The Labute approximate surface area is 222 Å². The molecule has 1 saturated heterocycles. The van der Waals surface area contributed by atoms with Crippen LogP contribution in [-0.2, 0) is 0 Å². The van der Waals surface area contributed by atoms with Crippen molar-refractivity contribution in [3.8, 4) is 17.0 Å². The third-order valence-electron chi connectivity index (χ3n) is 7.41. The number of ether oxygens (including phenoxy) is 1. The Hall–Kier alpha value is -3.46. The molecule has 0 saturated carbocycles. The van der Waals surface area contributed by atoms with E-state index in [2.05, 4.69) is 34.2 Å². The van der Waals surface area contributed by atoms with Crippen LogP contribution in [0.4, 0.5) is 36.1 Å². The van der Waals surface area contributed by atoms with Crippen LogP contribution in [-0.4, -0.2) is 62.3 Å². The Morgan fingerprint density at radius 1 is 0.921 bits per heavy atom. The molecule has 3 heterocycles. The Kier molecular flexibility index (Phi) is 7.38. The summed E-state index contributed by atoms with van der Waals surface area (Å²) < 4.78 is 50.5. The van der Waals surface area contributed by atoms with Crippen LogP contribution in [0.5, 0.6) is 5.75 Å². The summed E-state index contributed by atoms with van der Waals surface area (Å²) in [5.41, 5.74) is 1.96. The number of pyridine rings is 1. The summed E-state index contributed by atoms with van der Waals surface area (Å²) in [5.74, 6) is -0.966. The lowest BCUT2D eigenvalue weighted by molar-refractivity contribution is 0.249. The lowest BCUT2D eigenvalue weighted by Crippen LogP contribution is -2.42. The van der Waals surface area contributed by atoms with Crippen molar-refractivity contribution in [2.24, 2.45) is 0 Å². The molecule has 1 fully saturated rings. The lowest BCUT2D eigenvalue weighted by atomic mass is 10.0. The maximum Gasteiger partial charge on any atom is 0.178 e. The van der Waals surface area contributed by atoms with Gasteiger partial charge in [0.25, 0.3) is 0 Å². The molecule has 0 aliphatic carbocycles. The summed E-state index contributed by atoms with van der Waals surface area (Å²) in [7, 11) is 4.15. The minimum Gasteiger partial charge on any atom is -0.486 e. The topological polar surface area (TPSA) is 43.9 Å². The third kappa shape index (κ3) is 5.25. The van der Waals surface area contributed by atoms with E-state index in [-0.39, 0.29) is 23.3 Å². The zero-order chi connectivity index (χ0) is 27.0. The summed E-state index contributed by atoms with van der Waals surface area (Å²) in [6.45, 7) is 6.62. The van der Waals surface area contributed by atoms with Crippen molar-refractivity contribution in [2.75, 3.05) is 55.5 Å². The van der Waals surface area contributed by atoms with Crippen LogP contribution >= 0.6 is 0 Å². The highest BCUT2D eigenvalue weighted by atomic mass is 19.1. The van der Waals surface area contributed by atoms with Crippen LogP contribution < -0.4 is 19.9 Å². The lowest BCUT2D eigenvalue weighted by Gasteiger charge is -2.36. The molecule has 3 aromatic rings. The summed E-state index contributed by atoms with van der Waals surface area (Å²) >= 11 is 0. The van der Waals surface area contributed by atoms with Gasteiger partial charge in [0.1, 0.15) is 29.8 Å². The van der Waals surface area contributed by atoms with Crippen LogP contribution in [0.25, 0.3) is 11.3 Å². The average Bonchev–Trinajstić information content (AvgIpc) is 2.89. The first-order chi connectivity index (χ1) is 18.2. The maximum atomic E-state index is 15.1. The van der Waals surface area contributed by atoms with Crippen LogP contribution in [0.1, 0.15) is 26.7 Å². The van der Waals surface area contributed by atoms with Gasteiger partial charge in [-0.05, 0) is 83.2 Å². The van der Waals surface area contributed by atoms with E-state index in [0.717, 1.165) is 25.9 Å². The number of nitrogens with one attached hydrogen (secondary N) is 1. The Balaban J connectivity index is 1.38. The van der Waals surface area contributed by atoms with Gasteiger partial charge in [0.05, 0.1) is 17.9 Å². The number of nitrogens with zero attached hydrogens (tertiary/aromatic N) is 4. The standard InChI is InChI=1S/C29H34F3N5O/c1-18(2)37-13-14-38-29-24(32)15-19(16-26(29)37)28-22(30)6-8-27(34-28)33-20-5-7-25(23(31)17-20)36-11-9-21(10-12-36)35(3)4/h5-8,15-18,21H,9-14H2,1-4H3,(H,33,34). The highest BCUT2D eigenvalue weighted by molar-refractivity contribution is 5.74. The molecule has 1 N–H and O–H groups in total. The normalized spacial score (nSPS) is 16.1. The molecule has 6 nitrogen and oxygen atoms in total. The molecule has 0 radical (unpaired) electrons. The smallest absolute Gasteiger partial charge is 0.178 e. The molecule has 202 valence electrons. The van der Waals surface area contributed by atoms with Crippen LogP contribution in [0.2, 0.25) is 0 Å². The minimum atomic E-state index is -0.578. The Morgan fingerprint density at radius 2 is 1.68 bits per heavy atom. The molecule has 1 aromatic heterocycles. The van der Waals surface area contributed by atoms with Crippen LogP contribution in [0.3, 0.4) is 0 Å². The number of halogens is 3. The maximum absolute atomic E-state index is 15.1. The van der Waals surface area contributed by atoms with E-state index in [9.17, 15) is 8.78 Å². The van der Waals surface area contributed by atoms with E-state index in [1.54, 1.807) is 18.2 Å². The molecule has 5 rings (SSSR count). The van der Waals surface area contributed by atoms with Crippen molar-refractivity contribution >= 4 is 22.9 Å². The van der Waals surface area contributed by atoms with Gasteiger partial charge in [-0.1, -0.05) is 0 Å². The van der Waals surface area contributed by atoms with E-state index in [0.29, 0.717) is 47.6 Å². The number of piperidine rings is 1. The predicted octanol–water partition coefficient (Wildman–Crippen LogP) is 6.05. The Bertz CT molecular complexity index is 1310. The van der Waals surface area contributed by atoms with Crippen molar-refractivity contribution in [3.63, 3.8) is 0 Å². The third-order valence-corrected chi connectivity index (χ3v) is 7.41. The summed E-state index contributed by atoms with van der Waals surface area (Å²) in [4.78, 5) is 10.7. The molecule has 0 atom stereocenters. The number of hydrogen-bond acceptors (Lipinski definition) is 6. The monoisotopic (exact) mass is 525 g/mol. The van der Waals surface area contributed by atoms with Gasteiger partial charge >= 0.3 is 0 Å². The molecular weight excluding hydrogens is 491 g/mol. The number of hydrogen-bond donors (Lipinski definition) is 1. The van der Waals surface area contributed by atoms with Crippen molar-refractivity contribution in [1.29, 1.82) is 0 Å². The molecule has 38 heavy (non-hydrogen) atoms. The second-order valence-corrected chi connectivity index (χ2v) is 10.4. The van der Waals surface area contributed by atoms with E-state index in [1.807, 2.05) is 18.7 Å². The van der Waals surface area contributed by atoms with Gasteiger partial charge in [-0.3, -0.25) is 0 Å². The second kappa shape index (κ2) is 10.7. The van der Waals surface area contributed by atoms with Gasteiger partial charge < -0.3 is 24.8 Å². The van der Waals surface area contributed by atoms with Gasteiger partial charge in [-0.15, -0.1) is 0 Å². The molecule has 0 amide bonds. The van der Waals surface area contributed by atoms with Crippen molar-refractivity contribution in [1.82, 2.24) is 9.88 Å². The van der Waals surface area contributed by atoms with Gasteiger partial charge in [0, 0.05) is 36.4 Å². The summed E-state index contributed by atoms with van der Waals surface area (Å²) in [5, 5.41) is 3.07. The zero-order valence-electron chi connectivity index (χ0n) is 22.3. The predicted molar refractivity (Wildman–Crippen MR) is 146 cm³/mol. The molecule has 0 unspecified atom stereocenters. The summed E-state index contributed by atoms with van der Waals surface area (Å²) in [6, 6.07) is 11.3. The zero-order valence-corrected chi connectivity index (χ0v) is 22.3. The van der Waals surface area contributed by atoms with Crippen molar-refractivity contribution in [2.45, 2.75) is 38.8 Å². The van der Waals surface area contributed by atoms with Gasteiger partial charge in [0.15, 0.2) is 11.6 Å². The molecule has 2 aliphatic heterocycles. The second-order valence-electron chi connectivity index (χ2n) is 10.4. The molecule has 0 spiro atoms. The van der Waals surface area contributed by atoms with Crippen molar-refractivity contribution in [3.05, 3.63) is 59.9 Å². The van der Waals surface area contributed by atoms with Crippen molar-refractivity contribution < 1.29 is 17.9 Å². The van der Waals surface area contributed by atoms with Gasteiger partial charge in [-0.2, -0.15) is 0 Å². The highest BCUT2D eigenvalue weighted by Crippen LogP contribution is 2.39. The molecular formula is C29H34F3N5O. The van der Waals surface area contributed by atoms with Crippen LogP contribution in [0, 0.1) is 17.5 Å².